The molecule has 43 heavy (non-hydrogen) atoms. The third-order valence-electron chi connectivity index (χ3n) is 7.38. The maximum Gasteiger partial charge on any atom is 0.252 e. The lowest BCUT2D eigenvalue weighted by atomic mass is 9.85. The summed E-state index contributed by atoms with van der Waals surface area (Å²) in [5.74, 6) is 0.422. The van der Waals surface area contributed by atoms with Crippen molar-refractivity contribution >= 4 is 27.5 Å². The smallest absolute Gasteiger partial charge is 0.252 e. The van der Waals surface area contributed by atoms with Crippen molar-refractivity contribution in [2.45, 2.75) is 49.8 Å². The van der Waals surface area contributed by atoms with Gasteiger partial charge in [-0.3, -0.25) is 4.79 Å². The highest BCUT2D eigenvalue weighted by atomic mass is 35.5. The van der Waals surface area contributed by atoms with Crippen LogP contribution in [0.2, 0.25) is 5.02 Å². The predicted molar refractivity (Wildman–Crippen MR) is 165 cm³/mol. The van der Waals surface area contributed by atoms with Gasteiger partial charge in [-0.25, -0.2) is 8.42 Å². The van der Waals surface area contributed by atoms with Gasteiger partial charge in [0.2, 0.25) is 10.0 Å². The molecule has 11 heteroatoms. The highest BCUT2D eigenvalue weighted by Gasteiger charge is 2.40. The Hall–Kier alpha value is -3.15. The van der Waals surface area contributed by atoms with E-state index in [0.717, 1.165) is 6.42 Å². The van der Waals surface area contributed by atoms with Crippen LogP contribution in [0.15, 0.2) is 77.7 Å². The highest BCUT2D eigenvalue weighted by Crippen LogP contribution is 2.30. The minimum Gasteiger partial charge on any atom is -0.497 e. The molecule has 3 atom stereocenters. The Labute approximate surface area is 258 Å². The van der Waals surface area contributed by atoms with Gasteiger partial charge in [-0.15, -0.1) is 0 Å². The standard InChI is InChI=1S/C32H39ClN2O7S/c1-22(2)19-35(43(38,39)29-12-10-26(40-4)11-13-29)20-30(36)32(3,24-8-6-5-7-9-24)34-31(37)23-16-25(33)18-28(17-23)42-27-14-15-41-21-27/h5-13,16-18,22,27,30,36H,14-15,19-21H2,1-4H3,(H,34,37)/t27-,30+,32-/m0/s1. The van der Waals surface area contributed by atoms with Crippen LogP contribution in [0.5, 0.6) is 11.5 Å². The molecule has 2 N–H and O–H groups in total. The van der Waals surface area contributed by atoms with Crippen LogP contribution in [0.4, 0.5) is 0 Å². The zero-order valence-corrected chi connectivity index (χ0v) is 26.4. The summed E-state index contributed by atoms with van der Waals surface area (Å²) in [5, 5.41) is 15.1. The second-order valence-corrected chi connectivity index (χ2v) is 13.6. The second-order valence-electron chi connectivity index (χ2n) is 11.2. The number of amides is 1. The zero-order valence-electron chi connectivity index (χ0n) is 24.8. The lowest BCUT2D eigenvalue weighted by Crippen LogP contribution is -2.56. The number of aliphatic hydroxyl groups is 1. The van der Waals surface area contributed by atoms with E-state index < -0.39 is 27.6 Å². The Bertz CT molecular complexity index is 1480. The first-order valence-electron chi connectivity index (χ1n) is 14.2. The van der Waals surface area contributed by atoms with Gasteiger partial charge in [0.05, 0.1) is 36.9 Å². The Morgan fingerprint density at radius 3 is 2.40 bits per heavy atom. The first kappa shape index (κ1) is 32.8. The number of hydrogen-bond acceptors (Lipinski definition) is 7. The van der Waals surface area contributed by atoms with Crippen molar-refractivity contribution in [1.29, 1.82) is 0 Å². The molecule has 1 aliphatic rings. The summed E-state index contributed by atoms with van der Waals surface area (Å²) in [7, 11) is -2.50. The van der Waals surface area contributed by atoms with Crippen molar-refractivity contribution in [2.75, 3.05) is 33.4 Å². The van der Waals surface area contributed by atoms with Crippen molar-refractivity contribution in [1.82, 2.24) is 9.62 Å². The monoisotopic (exact) mass is 630 g/mol. The quantitative estimate of drug-likeness (QED) is 0.277. The number of aliphatic hydroxyl groups excluding tert-OH is 1. The number of carbonyl (C=O) groups excluding carboxylic acids is 1. The summed E-state index contributed by atoms with van der Waals surface area (Å²) in [6.07, 6.45) is -0.736. The largest absolute Gasteiger partial charge is 0.497 e. The summed E-state index contributed by atoms with van der Waals surface area (Å²) >= 11 is 6.35. The number of halogens is 1. The second kappa shape index (κ2) is 14.1. The topological polar surface area (TPSA) is 114 Å². The predicted octanol–water partition coefficient (Wildman–Crippen LogP) is 4.87. The maximum absolute atomic E-state index is 13.8. The molecular weight excluding hydrogens is 592 g/mol. The molecule has 0 spiro atoms. The summed E-state index contributed by atoms with van der Waals surface area (Å²) in [6, 6.07) is 19.8. The first-order chi connectivity index (χ1) is 20.4. The fourth-order valence-electron chi connectivity index (χ4n) is 4.95. The molecule has 0 aromatic heterocycles. The van der Waals surface area contributed by atoms with E-state index in [2.05, 4.69) is 5.32 Å². The highest BCUT2D eigenvalue weighted by molar-refractivity contribution is 7.89. The van der Waals surface area contributed by atoms with Crippen molar-refractivity contribution in [3.63, 3.8) is 0 Å². The van der Waals surface area contributed by atoms with E-state index in [1.54, 1.807) is 55.5 Å². The average molecular weight is 631 g/mol. The number of rotatable bonds is 13. The molecule has 9 nitrogen and oxygen atoms in total. The van der Waals surface area contributed by atoms with Gasteiger partial charge in [-0.1, -0.05) is 55.8 Å². The van der Waals surface area contributed by atoms with Gasteiger partial charge < -0.3 is 24.6 Å². The zero-order chi connectivity index (χ0) is 31.2. The lowest BCUT2D eigenvalue weighted by molar-refractivity contribution is 0.0440. The Balaban J connectivity index is 1.64. The van der Waals surface area contributed by atoms with Gasteiger partial charge in [0.15, 0.2) is 0 Å². The van der Waals surface area contributed by atoms with Crippen LogP contribution < -0.4 is 14.8 Å². The molecule has 0 saturated carbocycles. The molecule has 0 radical (unpaired) electrons. The minimum absolute atomic E-state index is 0.0343. The van der Waals surface area contributed by atoms with Gasteiger partial charge >= 0.3 is 0 Å². The summed E-state index contributed by atoms with van der Waals surface area (Å²) in [6.45, 7) is 6.42. The van der Waals surface area contributed by atoms with E-state index in [9.17, 15) is 18.3 Å². The van der Waals surface area contributed by atoms with E-state index in [4.69, 9.17) is 25.8 Å². The molecule has 3 aromatic carbocycles. The van der Waals surface area contributed by atoms with Crippen LogP contribution in [-0.4, -0.2) is 69.4 Å². The maximum atomic E-state index is 13.8. The van der Waals surface area contributed by atoms with Gasteiger partial charge in [-0.2, -0.15) is 4.31 Å². The Kier molecular flexibility index (Phi) is 10.7. The molecule has 1 heterocycles. The van der Waals surface area contributed by atoms with E-state index in [-0.39, 0.29) is 35.6 Å². The number of ether oxygens (including phenoxy) is 3. The molecule has 1 amide bonds. The van der Waals surface area contributed by atoms with Crippen LogP contribution in [0.3, 0.4) is 0 Å². The van der Waals surface area contributed by atoms with Crippen molar-refractivity contribution in [3.05, 3.63) is 88.9 Å². The van der Waals surface area contributed by atoms with E-state index in [1.165, 1.54) is 29.6 Å². The summed E-state index contributed by atoms with van der Waals surface area (Å²) < 4.78 is 45.3. The average Bonchev–Trinajstić information content (AvgIpc) is 3.49. The number of nitrogens with one attached hydrogen (secondary N) is 1. The number of carbonyl (C=O) groups is 1. The number of sulfonamides is 1. The molecule has 0 unspecified atom stereocenters. The van der Waals surface area contributed by atoms with Gasteiger partial charge in [0.1, 0.15) is 17.6 Å². The van der Waals surface area contributed by atoms with Crippen LogP contribution in [0.1, 0.15) is 43.1 Å². The van der Waals surface area contributed by atoms with Gasteiger partial charge in [0, 0.05) is 30.1 Å². The molecule has 3 aromatic rings. The fraction of sp³-hybridized carbons (Fsp3) is 0.406. The van der Waals surface area contributed by atoms with E-state index in [1.807, 2.05) is 19.9 Å². The van der Waals surface area contributed by atoms with Crippen LogP contribution in [-0.2, 0) is 20.3 Å². The number of nitrogens with zero attached hydrogens (tertiary/aromatic N) is 1. The SMILES string of the molecule is COc1ccc(S(=O)(=O)N(CC(C)C)C[C@@H](O)[C@@](C)(NC(=O)c2cc(Cl)cc(O[C@H]3CCOC3)c2)c2ccccc2)cc1. The van der Waals surface area contributed by atoms with Gasteiger partial charge in [-0.05, 0) is 60.9 Å². The van der Waals surface area contributed by atoms with E-state index in [0.29, 0.717) is 35.3 Å². The third kappa shape index (κ3) is 8.07. The summed E-state index contributed by atoms with van der Waals surface area (Å²) in [4.78, 5) is 13.8. The Morgan fingerprint density at radius 1 is 1.09 bits per heavy atom. The first-order valence-corrected chi connectivity index (χ1v) is 16.0. The third-order valence-corrected chi connectivity index (χ3v) is 9.44. The van der Waals surface area contributed by atoms with Crippen molar-refractivity contribution in [3.8, 4) is 11.5 Å². The molecule has 1 fully saturated rings. The number of benzene rings is 3. The van der Waals surface area contributed by atoms with E-state index >= 15 is 0 Å². The number of hydrogen-bond donors (Lipinski definition) is 2. The molecule has 0 aliphatic carbocycles. The minimum atomic E-state index is -4.00. The molecule has 1 aliphatic heterocycles. The lowest BCUT2D eigenvalue weighted by Gasteiger charge is -2.38. The molecule has 4 rings (SSSR count). The number of methoxy groups -OCH3 is 1. The molecule has 232 valence electrons. The molecule has 0 bridgehead atoms. The normalized spacial score (nSPS) is 17.4. The van der Waals surface area contributed by atoms with Crippen LogP contribution in [0.25, 0.3) is 0 Å². The van der Waals surface area contributed by atoms with Crippen molar-refractivity contribution in [2.24, 2.45) is 5.92 Å². The Morgan fingerprint density at radius 2 is 1.79 bits per heavy atom. The van der Waals surface area contributed by atoms with Crippen LogP contribution >= 0.6 is 11.6 Å². The molecular formula is C32H39ClN2O7S. The fourth-order valence-corrected chi connectivity index (χ4v) is 6.79. The summed E-state index contributed by atoms with van der Waals surface area (Å²) in [5.41, 5.74) is -0.546. The van der Waals surface area contributed by atoms with Crippen molar-refractivity contribution < 1.29 is 32.5 Å². The van der Waals surface area contributed by atoms with Gasteiger partial charge in [0.25, 0.3) is 5.91 Å². The molecule has 1 saturated heterocycles. The van der Waals surface area contributed by atoms with Crippen LogP contribution in [0, 0.1) is 5.92 Å².